The molecule has 1 aromatic carbocycles. The average Bonchev–Trinajstić information content (AvgIpc) is 3.02. The molecule has 5 heteroatoms. The lowest BCUT2D eigenvalue weighted by Gasteiger charge is -2.34. The third-order valence-corrected chi connectivity index (χ3v) is 6.43. The molecule has 1 atom stereocenters. The molecule has 0 bridgehead atoms. The van der Waals surface area contributed by atoms with Crippen molar-refractivity contribution in [1.82, 2.24) is 5.32 Å². The van der Waals surface area contributed by atoms with Crippen LogP contribution in [0, 0.1) is 5.92 Å². The number of rotatable bonds is 11. The van der Waals surface area contributed by atoms with Crippen molar-refractivity contribution in [1.29, 1.82) is 0 Å². The zero-order valence-corrected chi connectivity index (χ0v) is 21.6. The molecule has 0 spiro atoms. The second-order valence-electron chi connectivity index (χ2n) is 9.21. The van der Waals surface area contributed by atoms with Gasteiger partial charge in [0.1, 0.15) is 0 Å². The first-order chi connectivity index (χ1) is 16.3. The number of hydrogen-bond donors (Lipinski definition) is 2. The molecule has 5 nitrogen and oxygen atoms in total. The summed E-state index contributed by atoms with van der Waals surface area (Å²) in [6.45, 7) is 12.8. The first-order valence-corrected chi connectivity index (χ1v) is 12.3. The molecule has 1 aliphatic rings. The number of benzene rings is 1. The van der Waals surface area contributed by atoms with E-state index in [2.05, 4.69) is 56.2 Å². The maximum absolute atomic E-state index is 13.4. The van der Waals surface area contributed by atoms with Gasteiger partial charge >= 0.3 is 0 Å². The smallest absolute Gasteiger partial charge is 0.231 e. The summed E-state index contributed by atoms with van der Waals surface area (Å²) >= 11 is 0. The van der Waals surface area contributed by atoms with Crippen LogP contribution in [0.3, 0.4) is 0 Å². The molecule has 184 valence electrons. The van der Waals surface area contributed by atoms with Crippen LogP contribution in [0.4, 0.5) is 11.4 Å². The summed E-state index contributed by atoms with van der Waals surface area (Å²) in [5, 5.41) is 13.4. The van der Waals surface area contributed by atoms with E-state index >= 15 is 0 Å². The maximum Gasteiger partial charge on any atom is 0.231 e. The van der Waals surface area contributed by atoms with Crippen LogP contribution in [0.15, 0.2) is 64.8 Å². The van der Waals surface area contributed by atoms with Gasteiger partial charge in [-0.05, 0) is 57.7 Å². The van der Waals surface area contributed by atoms with Gasteiger partial charge in [0.15, 0.2) is 0 Å². The quantitative estimate of drug-likeness (QED) is 0.376. The zero-order chi connectivity index (χ0) is 25.1. The number of carbonyl (C=O) groups excluding carboxylic acids is 1. The fourth-order valence-corrected chi connectivity index (χ4v) is 4.00. The Morgan fingerprint density at radius 2 is 2.03 bits per heavy atom. The van der Waals surface area contributed by atoms with E-state index in [0.29, 0.717) is 11.6 Å². The molecule has 0 saturated carbocycles. The van der Waals surface area contributed by atoms with Gasteiger partial charge in [-0.2, -0.15) is 0 Å². The highest BCUT2D eigenvalue weighted by Crippen LogP contribution is 2.34. The Bertz CT molecular complexity index is 983. The third-order valence-electron chi connectivity index (χ3n) is 6.43. The fourth-order valence-electron chi connectivity index (χ4n) is 4.00. The van der Waals surface area contributed by atoms with E-state index in [1.165, 1.54) is 0 Å². The minimum Gasteiger partial charge on any atom is -0.395 e. The molecule has 0 fully saturated rings. The number of nitrogens with one attached hydrogen (secondary N) is 1. The summed E-state index contributed by atoms with van der Waals surface area (Å²) in [5.74, 6) is 0.468. The van der Waals surface area contributed by atoms with E-state index in [1.807, 2.05) is 50.3 Å². The van der Waals surface area contributed by atoms with Gasteiger partial charge in [-0.25, -0.2) is 0 Å². The van der Waals surface area contributed by atoms with Crippen LogP contribution in [0.5, 0.6) is 0 Å². The first-order valence-electron chi connectivity index (χ1n) is 12.3. The van der Waals surface area contributed by atoms with Gasteiger partial charge in [0.25, 0.3) is 0 Å². The Kier molecular flexibility index (Phi) is 10.5. The van der Waals surface area contributed by atoms with E-state index in [-0.39, 0.29) is 31.0 Å². The van der Waals surface area contributed by atoms with Crippen molar-refractivity contribution < 1.29 is 9.90 Å². The lowest BCUT2D eigenvalue weighted by Crippen LogP contribution is -2.43. The highest BCUT2D eigenvalue weighted by atomic mass is 16.3. The van der Waals surface area contributed by atoms with Crippen molar-refractivity contribution in [3.63, 3.8) is 0 Å². The number of aliphatic hydroxyl groups is 1. The fraction of sp³-hybridized carbons (Fsp3) is 0.448. The molecule has 2 N–H and O–H groups in total. The molecule has 0 saturated heterocycles. The van der Waals surface area contributed by atoms with E-state index < -0.39 is 0 Å². The largest absolute Gasteiger partial charge is 0.395 e. The summed E-state index contributed by atoms with van der Waals surface area (Å²) in [7, 11) is 0. The maximum atomic E-state index is 13.4. The van der Waals surface area contributed by atoms with Gasteiger partial charge in [0.2, 0.25) is 5.91 Å². The summed E-state index contributed by atoms with van der Waals surface area (Å²) in [4.78, 5) is 19.6. The number of carbonyl (C=O) groups is 1. The number of anilines is 1. The molecule has 0 aromatic heterocycles. The number of hydrogen-bond acceptors (Lipinski definition) is 4. The van der Waals surface area contributed by atoms with Crippen LogP contribution >= 0.6 is 0 Å². The first kappa shape index (κ1) is 27.3. The van der Waals surface area contributed by atoms with Gasteiger partial charge in [-0.3, -0.25) is 9.79 Å². The van der Waals surface area contributed by atoms with E-state index in [0.717, 1.165) is 35.4 Å². The molecule has 1 amide bonds. The SMILES string of the molecule is CC=Nc1c(/C=C\C)cccc1N(CCO)C(=O)CC1=CCC=C(NC(C)(C)C(C)CC)C=C1. The van der Waals surface area contributed by atoms with Crippen LogP contribution < -0.4 is 10.2 Å². The lowest BCUT2D eigenvalue weighted by molar-refractivity contribution is -0.118. The predicted octanol–water partition coefficient (Wildman–Crippen LogP) is 6.34. The number of nitrogens with zero attached hydrogens (tertiary/aromatic N) is 2. The van der Waals surface area contributed by atoms with Crippen molar-refractivity contribution in [2.24, 2.45) is 10.9 Å². The Hall–Kier alpha value is -2.92. The summed E-state index contributed by atoms with van der Waals surface area (Å²) in [6, 6.07) is 5.79. The second kappa shape index (κ2) is 13.1. The predicted molar refractivity (Wildman–Crippen MR) is 146 cm³/mol. The van der Waals surface area contributed by atoms with Gasteiger partial charge in [0, 0.05) is 29.6 Å². The minimum atomic E-state index is -0.121. The normalized spacial score (nSPS) is 15.3. The molecule has 34 heavy (non-hydrogen) atoms. The molecular weight excluding hydrogens is 422 g/mol. The van der Waals surface area contributed by atoms with Gasteiger partial charge < -0.3 is 15.3 Å². The van der Waals surface area contributed by atoms with Gasteiger partial charge in [-0.1, -0.05) is 62.8 Å². The Labute approximate surface area is 205 Å². The standard InChI is InChI=1S/C29H41N3O2/c1-7-12-24-14-11-16-26(28(24)30-9-3)32(19-20-33)27(34)21-23-13-10-15-25(18-17-23)31-29(5,6)22(4)8-2/h7,9,11-18,22,31,33H,8,10,19-21H2,1-6H3/b12-7-,30-9?. The molecule has 1 aliphatic carbocycles. The summed E-state index contributed by atoms with van der Waals surface area (Å²) in [6.07, 6.45) is 16.1. The van der Waals surface area contributed by atoms with Gasteiger partial charge in [0.05, 0.1) is 24.4 Å². The summed E-state index contributed by atoms with van der Waals surface area (Å²) in [5.41, 5.74) is 4.41. The molecule has 1 unspecified atom stereocenters. The third kappa shape index (κ3) is 7.29. The highest BCUT2D eigenvalue weighted by Gasteiger charge is 2.25. The van der Waals surface area contributed by atoms with Crippen LogP contribution in [-0.4, -0.2) is 35.9 Å². The van der Waals surface area contributed by atoms with Crippen molar-refractivity contribution >= 4 is 29.6 Å². The van der Waals surface area contributed by atoms with Crippen molar-refractivity contribution in [2.75, 3.05) is 18.1 Å². The monoisotopic (exact) mass is 463 g/mol. The number of aliphatic hydroxyl groups excluding tert-OH is 1. The molecule has 1 aromatic rings. The molecule has 0 radical (unpaired) electrons. The molecular formula is C29H41N3O2. The van der Waals surface area contributed by atoms with E-state index in [4.69, 9.17) is 0 Å². The van der Waals surface area contributed by atoms with Crippen LogP contribution in [0.1, 0.15) is 66.4 Å². The van der Waals surface area contributed by atoms with Crippen LogP contribution in [0.25, 0.3) is 6.08 Å². The number of aliphatic imine (C=N–C) groups is 1. The lowest BCUT2D eigenvalue weighted by atomic mass is 9.86. The van der Waals surface area contributed by atoms with Crippen molar-refractivity contribution in [2.45, 2.75) is 66.3 Å². The number of amides is 1. The molecule has 0 aliphatic heterocycles. The van der Waals surface area contributed by atoms with Crippen LogP contribution in [0.2, 0.25) is 0 Å². The van der Waals surface area contributed by atoms with Crippen LogP contribution in [-0.2, 0) is 4.79 Å². The van der Waals surface area contributed by atoms with Gasteiger partial charge in [-0.15, -0.1) is 0 Å². The van der Waals surface area contributed by atoms with Crippen molar-refractivity contribution in [3.05, 3.63) is 65.4 Å². The highest BCUT2D eigenvalue weighted by molar-refractivity contribution is 5.99. The Morgan fingerprint density at radius 3 is 2.68 bits per heavy atom. The Balaban J connectivity index is 2.23. The van der Waals surface area contributed by atoms with E-state index in [9.17, 15) is 9.90 Å². The molecule has 0 heterocycles. The minimum absolute atomic E-state index is 0.0165. The van der Waals surface area contributed by atoms with Crippen molar-refractivity contribution in [3.8, 4) is 0 Å². The zero-order valence-electron chi connectivity index (χ0n) is 21.6. The topological polar surface area (TPSA) is 64.9 Å². The average molecular weight is 464 g/mol. The van der Waals surface area contributed by atoms with E-state index in [1.54, 1.807) is 11.1 Å². The Morgan fingerprint density at radius 1 is 1.26 bits per heavy atom. The number of para-hydroxylation sites is 1. The number of allylic oxidation sites excluding steroid dienone is 5. The molecule has 2 rings (SSSR count). The second-order valence-corrected chi connectivity index (χ2v) is 9.21. The summed E-state index contributed by atoms with van der Waals surface area (Å²) < 4.78 is 0.